The molecular formula is C21H35I5N6-2. The molecule has 0 aromatic heterocycles. The second-order valence-corrected chi connectivity index (χ2v) is 18.6. The average molecular weight is 1010 g/mol. The minimum absolute atomic E-state index is 0.0327. The third kappa shape index (κ3) is 4.03. The normalized spacial score (nSPS) is 46.6. The van der Waals surface area contributed by atoms with Crippen LogP contribution >= 0.6 is 68.6 Å². The SMILES string of the molecule is CC1(C2([I-]CNC3C(NI)C(NI)C([I-]CN)C3NI)C3C4=NC3C42)CCCCCCC1. The van der Waals surface area contributed by atoms with Gasteiger partial charge < -0.3 is 0 Å². The van der Waals surface area contributed by atoms with Crippen LogP contribution in [0.25, 0.3) is 0 Å². The Labute approximate surface area is 255 Å². The molecule has 0 saturated heterocycles. The first-order chi connectivity index (χ1) is 15.6. The van der Waals surface area contributed by atoms with Gasteiger partial charge in [-0.25, -0.2) is 0 Å². The maximum absolute atomic E-state index is 6.06. The Morgan fingerprint density at radius 2 is 1.50 bits per heavy atom. The predicted molar refractivity (Wildman–Crippen MR) is 149 cm³/mol. The summed E-state index contributed by atoms with van der Waals surface area (Å²) in [5.41, 5.74) is 8.24. The number of nitrogens with one attached hydrogen (secondary N) is 4. The van der Waals surface area contributed by atoms with Crippen LogP contribution in [0.3, 0.4) is 0 Å². The number of halogens is 5. The first kappa shape index (κ1) is 26.7. The fourth-order valence-electron chi connectivity index (χ4n) is 7.23. The third-order valence-corrected chi connectivity index (χ3v) is 19.0. The van der Waals surface area contributed by atoms with Crippen molar-refractivity contribution in [3.05, 3.63) is 0 Å². The van der Waals surface area contributed by atoms with Gasteiger partial charge in [0.25, 0.3) is 0 Å². The van der Waals surface area contributed by atoms with Crippen molar-refractivity contribution in [2.45, 2.75) is 89.4 Å². The van der Waals surface area contributed by atoms with Crippen molar-refractivity contribution < 1.29 is 42.4 Å². The molecule has 186 valence electrons. The first-order valence-corrected chi connectivity index (χ1v) is 20.5. The molecule has 0 amide bonds. The minimum atomic E-state index is -0.0327. The van der Waals surface area contributed by atoms with E-state index in [1.54, 1.807) is 5.71 Å². The molecule has 0 aromatic carbocycles. The van der Waals surface area contributed by atoms with E-state index in [0.717, 1.165) is 22.4 Å². The summed E-state index contributed by atoms with van der Waals surface area (Å²) in [6.45, 7) is 2.69. The van der Waals surface area contributed by atoms with Gasteiger partial charge in [0.1, 0.15) is 0 Å². The van der Waals surface area contributed by atoms with Crippen LogP contribution in [0, 0.1) is 17.3 Å². The monoisotopic (exact) mass is 1010 g/mol. The number of rotatable bonds is 10. The zero-order chi connectivity index (χ0) is 22.5. The van der Waals surface area contributed by atoms with E-state index >= 15 is 0 Å². The number of hydrogen-bond acceptors (Lipinski definition) is 6. The summed E-state index contributed by atoms with van der Waals surface area (Å²) in [5, 5.41) is 4.12. The quantitative estimate of drug-likeness (QED) is 0.0694. The molecule has 2 aliphatic heterocycles. The van der Waals surface area contributed by atoms with E-state index in [4.69, 9.17) is 10.7 Å². The van der Waals surface area contributed by atoms with E-state index in [2.05, 4.69) is 91.4 Å². The van der Waals surface area contributed by atoms with Crippen LogP contribution in [0.15, 0.2) is 4.99 Å². The Morgan fingerprint density at radius 1 is 0.938 bits per heavy atom. The van der Waals surface area contributed by atoms with E-state index in [9.17, 15) is 0 Å². The molecule has 5 saturated carbocycles. The summed E-state index contributed by atoms with van der Waals surface area (Å²) in [5.74, 6) is 1.76. The number of nitrogens with zero attached hydrogens (tertiary/aromatic N) is 1. The number of alkyl halides is 4. The van der Waals surface area contributed by atoms with E-state index < -0.39 is 0 Å². The molecule has 7 unspecified atom stereocenters. The molecule has 4 bridgehead atoms. The van der Waals surface area contributed by atoms with E-state index in [0.29, 0.717) is 36.9 Å². The Kier molecular flexibility index (Phi) is 9.25. The second-order valence-electron chi connectivity index (χ2n) is 10.3. The van der Waals surface area contributed by atoms with Crippen molar-refractivity contribution in [3.63, 3.8) is 0 Å². The molecule has 32 heavy (non-hydrogen) atoms. The van der Waals surface area contributed by atoms with Gasteiger partial charge in [0, 0.05) is 0 Å². The van der Waals surface area contributed by atoms with Crippen LogP contribution in [-0.2, 0) is 0 Å². The molecule has 7 atom stereocenters. The van der Waals surface area contributed by atoms with Gasteiger partial charge in [0.15, 0.2) is 0 Å². The Balaban J connectivity index is 1.29. The summed E-state index contributed by atoms with van der Waals surface area (Å²) < 4.78 is 14.3. The molecule has 6 nitrogen and oxygen atoms in total. The van der Waals surface area contributed by atoms with Crippen LogP contribution in [0.2, 0.25) is 0 Å². The van der Waals surface area contributed by atoms with Crippen LogP contribution in [0.1, 0.15) is 51.9 Å². The summed E-state index contributed by atoms with van der Waals surface area (Å²) in [6.07, 6.45) is 10.2. The molecule has 0 spiro atoms. The Bertz CT molecular complexity index is 703. The molecule has 0 radical (unpaired) electrons. The number of aliphatic imine (C=N–C) groups is 1. The van der Waals surface area contributed by atoms with Crippen LogP contribution in [0.4, 0.5) is 0 Å². The standard InChI is InChI=1S/C21H35I5N6/c1-20(7-5-3-2-4-6-8-20)21(11-14-12(21)15(11)29-14)26-10-28-18-16(30-22)13(25-9-27)17(31-23)19(18)32-24/h11-14,16-19,28,30-32H,2-10,27H2,1H3/q-2. The zero-order valence-electron chi connectivity index (χ0n) is 18.4. The van der Waals surface area contributed by atoms with Gasteiger partial charge in [-0.1, -0.05) is 0 Å². The number of hydrogen-bond donors (Lipinski definition) is 5. The predicted octanol–water partition coefficient (Wildman–Crippen LogP) is -3.12. The van der Waals surface area contributed by atoms with Crippen LogP contribution < -0.4 is 64.1 Å². The molecule has 7 aliphatic rings. The van der Waals surface area contributed by atoms with E-state index in [1.807, 2.05) is 0 Å². The molecule has 2 heterocycles. The summed E-state index contributed by atoms with van der Waals surface area (Å²) in [4.78, 5) is 4.82. The Morgan fingerprint density at radius 3 is 2.00 bits per heavy atom. The number of nitrogens with two attached hydrogens (primary N) is 1. The average Bonchev–Trinajstić information content (AvgIpc) is 2.99. The molecule has 0 aromatic rings. The summed E-state index contributed by atoms with van der Waals surface area (Å²) in [6, 6.07) is 2.58. The third-order valence-electron chi connectivity index (χ3n) is 9.00. The second kappa shape index (κ2) is 11.1. The summed E-state index contributed by atoms with van der Waals surface area (Å²) >= 11 is 7.16. The van der Waals surface area contributed by atoms with Crippen molar-refractivity contribution in [2.24, 2.45) is 28.0 Å². The molecule has 7 rings (SSSR count). The van der Waals surface area contributed by atoms with Gasteiger partial charge >= 0.3 is 259 Å². The zero-order valence-corrected chi connectivity index (χ0v) is 29.2. The fourth-order valence-corrected chi connectivity index (χ4v) is 19.0. The van der Waals surface area contributed by atoms with Crippen molar-refractivity contribution in [3.8, 4) is 0 Å². The maximum atomic E-state index is 6.06. The fraction of sp³-hybridized carbons (Fsp3) is 0.952. The van der Waals surface area contributed by atoms with Gasteiger partial charge in [0.2, 0.25) is 0 Å². The summed E-state index contributed by atoms with van der Waals surface area (Å²) in [7, 11) is 0. The topological polar surface area (TPSA) is 86.5 Å². The molecular weight excluding hydrogens is 971 g/mol. The van der Waals surface area contributed by atoms with Gasteiger partial charge in [-0.3, -0.25) is 0 Å². The van der Waals surface area contributed by atoms with E-state index in [1.165, 1.54) is 49.5 Å². The van der Waals surface area contributed by atoms with E-state index in [-0.39, 0.29) is 42.4 Å². The van der Waals surface area contributed by atoms with Crippen molar-refractivity contribution in [1.82, 2.24) is 15.9 Å². The molecule has 5 aliphatic carbocycles. The van der Waals surface area contributed by atoms with Gasteiger partial charge in [-0.2, -0.15) is 0 Å². The Hall–Kier alpha value is 3.12. The van der Waals surface area contributed by atoms with Crippen molar-refractivity contribution in [1.29, 1.82) is 0 Å². The van der Waals surface area contributed by atoms with Crippen molar-refractivity contribution in [2.75, 3.05) is 9.10 Å². The first-order valence-electron chi connectivity index (χ1n) is 11.9. The van der Waals surface area contributed by atoms with Crippen LogP contribution in [-0.4, -0.2) is 52.4 Å². The van der Waals surface area contributed by atoms with Crippen LogP contribution in [0.5, 0.6) is 0 Å². The van der Waals surface area contributed by atoms with Gasteiger partial charge in [-0.15, -0.1) is 0 Å². The van der Waals surface area contributed by atoms with Gasteiger partial charge in [-0.05, 0) is 0 Å². The van der Waals surface area contributed by atoms with Crippen molar-refractivity contribution >= 4 is 74.3 Å². The molecule has 5 fully saturated rings. The molecule has 6 N–H and O–H groups in total. The molecule has 11 heteroatoms. The van der Waals surface area contributed by atoms with Gasteiger partial charge in [0.05, 0.1) is 0 Å².